The van der Waals surface area contributed by atoms with E-state index in [0.29, 0.717) is 0 Å². The summed E-state index contributed by atoms with van der Waals surface area (Å²) in [4.78, 5) is 75.5. The molecule has 0 rings (SSSR count). The third-order valence-corrected chi connectivity index (χ3v) is 4.66. The van der Waals surface area contributed by atoms with E-state index in [1.807, 2.05) is 5.32 Å². The number of aliphatic carboxylic acids is 1. The number of hydrogen-bond acceptors (Lipinski definition) is 8. The number of nitrogens with zero attached hydrogens (tertiary/aromatic N) is 1. The molecule has 16 nitrogen and oxygen atoms in total. The number of hydrogen-bond donors (Lipinski definition) is 9. The van der Waals surface area contributed by atoms with Crippen LogP contribution in [0.5, 0.6) is 0 Å². The lowest BCUT2D eigenvalue weighted by molar-refractivity contribution is -0.144. The van der Waals surface area contributed by atoms with E-state index in [9.17, 15) is 33.9 Å². The number of nitrogens with one attached hydrogen (secondary N) is 3. The van der Waals surface area contributed by atoms with Crippen LogP contribution in [0, 0.1) is 5.92 Å². The van der Waals surface area contributed by atoms with E-state index in [1.54, 1.807) is 13.8 Å². The Kier molecular flexibility index (Phi) is 13.4. The van der Waals surface area contributed by atoms with Crippen molar-refractivity contribution in [2.24, 2.45) is 39.6 Å². The van der Waals surface area contributed by atoms with Crippen LogP contribution in [0.1, 0.15) is 39.5 Å². The summed E-state index contributed by atoms with van der Waals surface area (Å²) >= 11 is 0. The number of nitrogens with two attached hydrogens (primary N) is 5. The Morgan fingerprint density at radius 1 is 0.771 bits per heavy atom. The minimum atomic E-state index is -1.70. The van der Waals surface area contributed by atoms with Gasteiger partial charge >= 0.3 is 5.97 Å². The number of aliphatic imine (C=N–C) groups is 1. The molecule has 0 fully saturated rings. The van der Waals surface area contributed by atoms with Gasteiger partial charge in [-0.2, -0.15) is 0 Å². The molecule has 0 aromatic carbocycles. The lowest BCUT2D eigenvalue weighted by atomic mass is 10.0. The summed E-state index contributed by atoms with van der Waals surface area (Å²) in [7, 11) is 0. The first-order chi connectivity index (χ1) is 16.1. The monoisotopic (exact) mass is 501 g/mol. The van der Waals surface area contributed by atoms with Gasteiger partial charge in [0, 0.05) is 6.54 Å². The van der Waals surface area contributed by atoms with Gasteiger partial charge in [0.2, 0.25) is 29.5 Å². The van der Waals surface area contributed by atoms with Crippen molar-refractivity contribution in [3.05, 3.63) is 0 Å². The van der Waals surface area contributed by atoms with Crippen molar-refractivity contribution >= 4 is 41.5 Å². The quantitative estimate of drug-likeness (QED) is 0.0552. The van der Waals surface area contributed by atoms with Gasteiger partial charge in [-0.3, -0.25) is 29.0 Å². The maximum Gasteiger partial charge on any atom is 0.326 e. The van der Waals surface area contributed by atoms with Crippen LogP contribution in [-0.4, -0.2) is 77.3 Å². The second-order valence-electron chi connectivity index (χ2n) is 8.08. The maximum absolute atomic E-state index is 12.9. The third-order valence-electron chi connectivity index (χ3n) is 4.66. The molecule has 0 heterocycles. The highest BCUT2D eigenvalue weighted by atomic mass is 16.4. The molecule has 0 aliphatic rings. The molecule has 198 valence electrons. The Bertz CT molecular complexity index is 827. The van der Waals surface area contributed by atoms with Gasteiger partial charge in [0.15, 0.2) is 5.96 Å². The average molecular weight is 502 g/mol. The van der Waals surface area contributed by atoms with E-state index >= 15 is 0 Å². The number of guanidine groups is 1. The van der Waals surface area contributed by atoms with Crippen LogP contribution in [0.2, 0.25) is 0 Å². The lowest BCUT2D eigenvalue weighted by Gasteiger charge is -2.25. The number of primary amides is 2. The fraction of sp³-hybridized carbons (Fsp3) is 0.632. The van der Waals surface area contributed by atoms with E-state index in [2.05, 4.69) is 15.6 Å². The van der Waals surface area contributed by atoms with Crippen molar-refractivity contribution in [3.8, 4) is 0 Å². The highest BCUT2D eigenvalue weighted by Crippen LogP contribution is 2.05. The zero-order chi connectivity index (χ0) is 27.3. The molecule has 4 unspecified atom stereocenters. The largest absolute Gasteiger partial charge is 0.480 e. The third kappa shape index (κ3) is 12.8. The summed E-state index contributed by atoms with van der Waals surface area (Å²) in [5, 5.41) is 15.9. The molecule has 0 saturated carbocycles. The van der Waals surface area contributed by atoms with Crippen LogP contribution >= 0.6 is 0 Å². The fourth-order valence-corrected chi connectivity index (χ4v) is 2.70. The van der Waals surface area contributed by atoms with E-state index in [0.717, 1.165) is 0 Å². The molecule has 0 aliphatic heterocycles. The van der Waals surface area contributed by atoms with Gasteiger partial charge < -0.3 is 49.7 Å². The second-order valence-corrected chi connectivity index (χ2v) is 8.08. The Hall–Kier alpha value is -3.95. The van der Waals surface area contributed by atoms with Crippen LogP contribution < -0.4 is 44.6 Å². The SMILES string of the molecule is CC(C)C(N)C(=O)NC(CCCN=C(N)N)C(=O)NC(CC(N)=O)C(=O)NC(CC(N)=O)C(=O)O. The molecule has 0 spiro atoms. The molecule has 4 atom stereocenters. The van der Waals surface area contributed by atoms with E-state index in [1.165, 1.54) is 0 Å². The highest BCUT2D eigenvalue weighted by molar-refractivity contribution is 5.96. The molecule has 0 aromatic heterocycles. The first-order valence-corrected chi connectivity index (χ1v) is 10.7. The summed E-state index contributed by atoms with van der Waals surface area (Å²) in [6.07, 6.45) is -1.14. The van der Waals surface area contributed by atoms with Crippen LogP contribution in [0.4, 0.5) is 0 Å². The van der Waals surface area contributed by atoms with Gasteiger partial charge in [-0.1, -0.05) is 13.8 Å². The minimum absolute atomic E-state index is 0.0313. The number of carboxylic acids is 1. The number of carbonyl (C=O) groups is 6. The summed E-state index contributed by atoms with van der Waals surface area (Å²) in [6.45, 7) is 3.54. The predicted molar refractivity (Wildman–Crippen MR) is 124 cm³/mol. The normalized spacial score (nSPS) is 14.1. The molecule has 5 amide bonds. The summed E-state index contributed by atoms with van der Waals surface area (Å²) in [5.41, 5.74) is 26.5. The van der Waals surface area contributed by atoms with Crippen LogP contribution in [0.25, 0.3) is 0 Å². The van der Waals surface area contributed by atoms with Gasteiger partial charge in [0.25, 0.3) is 0 Å². The van der Waals surface area contributed by atoms with Gasteiger partial charge in [0.1, 0.15) is 18.1 Å². The number of amides is 5. The van der Waals surface area contributed by atoms with E-state index in [-0.39, 0.29) is 31.3 Å². The second kappa shape index (κ2) is 15.0. The maximum atomic E-state index is 12.9. The van der Waals surface area contributed by atoms with Crippen molar-refractivity contribution in [1.29, 1.82) is 0 Å². The Balaban J connectivity index is 5.65. The first-order valence-electron chi connectivity index (χ1n) is 10.7. The fourth-order valence-electron chi connectivity index (χ4n) is 2.70. The van der Waals surface area contributed by atoms with Crippen LogP contribution in [-0.2, 0) is 28.8 Å². The molecule has 0 bridgehead atoms. The van der Waals surface area contributed by atoms with Crippen molar-refractivity contribution in [1.82, 2.24) is 16.0 Å². The van der Waals surface area contributed by atoms with Crippen molar-refractivity contribution < 1.29 is 33.9 Å². The molecule has 0 saturated heterocycles. The standard InChI is InChI=1S/C19H35N9O7/c1-8(2)14(22)17(33)26-9(4-3-5-25-19(23)24)15(31)27-10(6-12(20)29)16(32)28-11(18(34)35)7-13(21)30/h8-11,14H,3-7,22H2,1-2H3,(H2,20,29)(H2,21,30)(H,26,33)(H,27,31)(H,28,32)(H,34,35)(H4,23,24,25). The summed E-state index contributed by atoms with van der Waals surface area (Å²) in [5.74, 6) is -6.57. The summed E-state index contributed by atoms with van der Waals surface area (Å²) < 4.78 is 0. The molecule has 0 radical (unpaired) electrons. The lowest BCUT2D eigenvalue weighted by Crippen LogP contribution is -2.58. The molecular weight excluding hydrogens is 466 g/mol. The van der Waals surface area contributed by atoms with Crippen LogP contribution in [0.15, 0.2) is 4.99 Å². The number of rotatable bonds is 16. The van der Waals surface area contributed by atoms with Crippen molar-refractivity contribution in [2.75, 3.05) is 6.54 Å². The van der Waals surface area contributed by atoms with Crippen molar-refractivity contribution in [2.45, 2.75) is 63.7 Å². The first kappa shape index (κ1) is 31.0. The average Bonchev–Trinajstić information content (AvgIpc) is 2.72. The zero-order valence-corrected chi connectivity index (χ0v) is 19.7. The van der Waals surface area contributed by atoms with Crippen molar-refractivity contribution in [3.63, 3.8) is 0 Å². The number of carbonyl (C=O) groups excluding carboxylic acids is 5. The summed E-state index contributed by atoms with van der Waals surface area (Å²) in [6, 6.07) is -5.44. The van der Waals surface area contributed by atoms with Gasteiger partial charge in [-0.05, 0) is 18.8 Å². The number of carboxylic acid groups (broad SMARTS) is 1. The smallest absolute Gasteiger partial charge is 0.326 e. The molecule has 14 N–H and O–H groups in total. The molecule has 0 aliphatic carbocycles. The Morgan fingerprint density at radius 3 is 1.69 bits per heavy atom. The van der Waals surface area contributed by atoms with E-state index in [4.69, 9.17) is 28.7 Å². The topological polar surface area (TPSA) is 301 Å². The molecular formula is C19H35N9O7. The highest BCUT2D eigenvalue weighted by Gasteiger charge is 2.32. The van der Waals surface area contributed by atoms with E-state index < -0.39 is 72.5 Å². The van der Waals surface area contributed by atoms with Crippen LogP contribution in [0.3, 0.4) is 0 Å². The Labute approximate surface area is 201 Å². The predicted octanol–water partition coefficient (Wildman–Crippen LogP) is -4.69. The van der Waals surface area contributed by atoms with Gasteiger partial charge in [-0.15, -0.1) is 0 Å². The van der Waals surface area contributed by atoms with Gasteiger partial charge in [-0.25, -0.2) is 4.79 Å². The van der Waals surface area contributed by atoms with Gasteiger partial charge in [0.05, 0.1) is 18.9 Å². The molecule has 35 heavy (non-hydrogen) atoms. The zero-order valence-electron chi connectivity index (χ0n) is 19.7. The minimum Gasteiger partial charge on any atom is -0.480 e. The molecule has 0 aromatic rings. The molecule has 16 heteroatoms. The Morgan fingerprint density at radius 2 is 1.23 bits per heavy atom.